The summed E-state index contributed by atoms with van der Waals surface area (Å²) in [5.74, 6) is -0.460. The van der Waals surface area contributed by atoms with Crippen LogP contribution in [0, 0.1) is 11.3 Å². The van der Waals surface area contributed by atoms with Crippen LogP contribution in [0.15, 0.2) is 12.1 Å². The van der Waals surface area contributed by atoms with Crippen LogP contribution in [0.4, 0.5) is 0 Å². The van der Waals surface area contributed by atoms with Crippen LogP contribution in [0.5, 0.6) is 0 Å². The Morgan fingerprint density at radius 2 is 2.25 bits per heavy atom. The fourth-order valence-corrected chi connectivity index (χ4v) is 1.64. The number of carbonyl (C=O) groups is 1. The third kappa shape index (κ3) is 2.05. The van der Waals surface area contributed by atoms with Crippen LogP contribution in [-0.2, 0) is 17.8 Å². The number of rotatable bonds is 3. The average molecular weight is 219 g/mol. The molecule has 1 rings (SSSR count). The molecule has 1 aromatic rings. The van der Waals surface area contributed by atoms with Gasteiger partial charge in [-0.25, -0.2) is 4.79 Å². The first-order valence-corrected chi connectivity index (χ1v) is 4.93. The molecule has 0 saturated carbocycles. The van der Waals surface area contributed by atoms with Crippen LogP contribution in [0.3, 0.4) is 0 Å². The molecule has 0 aromatic heterocycles. The molecule has 0 heterocycles. The number of benzene rings is 1. The van der Waals surface area contributed by atoms with Gasteiger partial charge in [-0.2, -0.15) is 5.26 Å². The zero-order valence-corrected chi connectivity index (χ0v) is 9.28. The fraction of sp³-hybridized carbons (Fsp3) is 0.333. The highest BCUT2D eigenvalue weighted by Crippen LogP contribution is 2.20. The van der Waals surface area contributed by atoms with Crippen LogP contribution in [-0.4, -0.2) is 18.2 Å². The van der Waals surface area contributed by atoms with Gasteiger partial charge in [0, 0.05) is 0 Å². The number of nitrogens with zero attached hydrogens (tertiary/aromatic N) is 1. The monoisotopic (exact) mass is 219 g/mol. The Kier molecular flexibility index (Phi) is 4.03. The van der Waals surface area contributed by atoms with E-state index in [0.29, 0.717) is 28.7 Å². The topological polar surface area (TPSA) is 70.3 Å². The molecule has 1 aromatic carbocycles. The maximum atomic E-state index is 11.5. The molecule has 0 saturated heterocycles. The molecule has 0 bridgehead atoms. The molecule has 16 heavy (non-hydrogen) atoms. The summed E-state index contributed by atoms with van der Waals surface area (Å²) in [7, 11) is 1.30. The Morgan fingerprint density at radius 3 is 2.69 bits per heavy atom. The highest BCUT2D eigenvalue weighted by atomic mass is 16.5. The van der Waals surface area contributed by atoms with Crippen LogP contribution in [0.25, 0.3) is 0 Å². The zero-order chi connectivity index (χ0) is 12.1. The molecule has 0 atom stereocenters. The van der Waals surface area contributed by atoms with Gasteiger partial charge in [0.1, 0.15) is 0 Å². The summed E-state index contributed by atoms with van der Waals surface area (Å²) in [5.41, 5.74) is 1.92. The second kappa shape index (κ2) is 5.29. The van der Waals surface area contributed by atoms with Gasteiger partial charge in [0.2, 0.25) is 0 Å². The summed E-state index contributed by atoms with van der Waals surface area (Å²) in [6.07, 6.45) is 0.543. The predicted molar refractivity (Wildman–Crippen MR) is 57.8 cm³/mol. The molecule has 0 spiro atoms. The molecule has 84 valence electrons. The first-order valence-electron chi connectivity index (χ1n) is 4.93. The van der Waals surface area contributed by atoms with E-state index in [1.54, 1.807) is 12.1 Å². The molecule has 0 amide bonds. The fourth-order valence-electron chi connectivity index (χ4n) is 1.64. The molecule has 0 aliphatic carbocycles. The van der Waals surface area contributed by atoms with Crippen molar-refractivity contribution in [2.24, 2.45) is 0 Å². The van der Waals surface area contributed by atoms with Gasteiger partial charge >= 0.3 is 5.97 Å². The van der Waals surface area contributed by atoms with E-state index in [-0.39, 0.29) is 6.61 Å². The van der Waals surface area contributed by atoms with E-state index < -0.39 is 5.97 Å². The van der Waals surface area contributed by atoms with E-state index in [1.165, 1.54) is 7.11 Å². The smallest absolute Gasteiger partial charge is 0.338 e. The molecule has 4 heteroatoms. The Labute approximate surface area is 94.1 Å². The largest absolute Gasteiger partial charge is 0.465 e. The molecule has 0 radical (unpaired) electrons. The number of aliphatic hydroxyl groups is 1. The van der Waals surface area contributed by atoms with E-state index in [9.17, 15) is 4.79 Å². The minimum atomic E-state index is -0.460. The molecule has 0 fully saturated rings. The second-order valence-electron chi connectivity index (χ2n) is 3.24. The number of nitriles is 1. The molecular formula is C12H13NO3. The summed E-state index contributed by atoms with van der Waals surface area (Å²) in [6.45, 7) is 1.64. The van der Waals surface area contributed by atoms with E-state index in [1.807, 2.05) is 13.0 Å². The van der Waals surface area contributed by atoms with E-state index in [2.05, 4.69) is 4.74 Å². The Bertz CT molecular complexity index is 446. The first-order chi connectivity index (χ1) is 7.69. The van der Waals surface area contributed by atoms with Gasteiger partial charge in [0.25, 0.3) is 0 Å². The number of hydrogen-bond donors (Lipinski definition) is 1. The lowest BCUT2D eigenvalue weighted by Gasteiger charge is -2.10. The van der Waals surface area contributed by atoms with E-state index in [4.69, 9.17) is 10.4 Å². The Hall–Kier alpha value is -1.86. The second-order valence-corrected chi connectivity index (χ2v) is 3.24. The number of esters is 1. The first kappa shape index (κ1) is 12.2. The third-order valence-corrected chi connectivity index (χ3v) is 2.44. The molecule has 0 unspecified atom stereocenters. The number of carbonyl (C=O) groups excluding carboxylic acids is 1. The van der Waals surface area contributed by atoms with Gasteiger partial charge in [0.15, 0.2) is 0 Å². The van der Waals surface area contributed by atoms with Crippen molar-refractivity contribution in [2.75, 3.05) is 7.11 Å². The minimum absolute atomic E-state index is 0.211. The van der Waals surface area contributed by atoms with Crippen molar-refractivity contribution in [2.45, 2.75) is 20.0 Å². The van der Waals surface area contributed by atoms with Crippen molar-refractivity contribution in [1.29, 1.82) is 5.26 Å². The molecular weight excluding hydrogens is 206 g/mol. The van der Waals surface area contributed by atoms with Crippen molar-refractivity contribution >= 4 is 5.97 Å². The quantitative estimate of drug-likeness (QED) is 0.780. The average Bonchev–Trinajstić information content (AvgIpc) is 2.35. The maximum Gasteiger partial charge on any atom is 0.338 e. The third-order valence-electron chi connectivity index (χ3n) is 2.44. The molecule has 0 aliphatic rings. The number of methoxy groups -OCH3 is 1. The Morgan fingerprint density at radius 1 is 1.56 bits per heavy atom. The van der Waals surface area contributed by atoms with Crippen molar-refractivity contribution in [3.8, 4) is 6.07 Å². The molecule has 0 aliphatic heterocycles. The van der Waals surface area contributed by atoms with Gasteiger partial charge in [-0.1, -0.05) is 13.0 Å². The summed E-state index contributed by atoms with van der Waals surface area (Å²) >= 11 is 0. The van der Waals surface area contributed by atoms with Gasteiger partial charge in [-0.3, -0.25) is 0 Å². The van der Waals surface area contributed by atoms with Crippen molar-refractivity contribution in [3.05, 3.63) is 34.4 Å². The summed E-state index contributed by atoms with van der Waals surface area (Å²) in [4.78, 5) is 11.5. The minimum Gasteiger partial charge on any atom is -0.465 e. The molecule has 4 nitrogen and oxygen atoms in total. The number of ether oxygens (including phenoxy) is 1. The van der Waals surface area contributed by atoms with Crippen LogP contribution in [0.1, 0.15) is 34.0 Å². The van der Waals surface area contributed by atoms with Gasteiger partial charge in [-0.05, 0) is 23.6 Å². The van der Waals surface area contributed by atoms with E-state index >= 15 is 0 Å². The normalized spacial score (nSPS) is 9.62. The van der Waals surface area contributed by atoms with Gasteiger partial charge in [-0.15, -0.1) is 0 Å². The van der Waals surface area contributed by atoms with E-state index in [0.717, 1.165) is 0 Å². The van der Waals surface area contributed by atoms with Crippen LogP contribution >= 0.6 is 0 Å². The zero-order valence-electron chi connectivity index (χ0n) is 9.28. The highest BCUT2D eigenvalue weighted by Gasteiger charge is 2.16. The summed E-state index contributed by atoms with van der Waals surface area (Å²) < 4.78 is 4.64. The lowest BCUT2D eigenvalue weighted by molar-refractivity contribution is 0.0599. The summed E-state index contributed by atoms with van der Waals surface area (Å²) in [6, 6.07) is 5.17. The van der Waals surface area contributed by atoms with Crippen LogP contribution in [0.2, 0.25) is 0 Å². The lowest BCUT2D eigenvalue weighted by Crippen LogP contribution is -2.08. The SMILES string of the molecule is CCc1c(C(=O)OC)ccc(CO)c1C#N. The molecule has 1 N–H and O–H groups in total. The Balaban J connectivity index is 3.44. The van der Waals surface area contributed by atoms with Crippen molar-refractivity contribution in [3.63, 3.8) is 0 Å². The van der Waals surface area contributed by atoms with Crippen molar-refractivity contribution in [1.82, 2.24) is 0 Å². The van der Waals surface area contributed by atoms with Gasteiger partial charge < -0.3 is 9.84 Å². The number of aliphatic hydroxyl groups excluding tert-OH is 1. The van der Waals surface area contributed by atoms with Crippen molar-refractivity contribution < 1.29 is 14.6 Å². The number of hydrogen-bond acceptors (Lipinski definition) is 4. The highest BCUT2D eigenvalue weighted by molar-refractivity contribution is 5.92. The standard InChI is InChI=1S/C12H13NO3/c1-3-9-10(12(15)16-2)5-4-8(7-14)11(9)6-13/h4-5,14H,3,7H2,1-2H3. The predicted octanol–water partition coefficient (Wildman–Crippen LogP) is 1.40. The van der Waals surface area contributed by atoms with Gasteiger partial charge in [0.05, 0.1) is 30.9 Å². The summed E-state index contributed by atoms with van der Waals surface area (Å²) in [5, 5.41) is 18.1. The van der Waals surface area contributed by atoms with Crippen LogP contribution < -0.4 is 0 Å². The maximum absolute atomic E-state index is 11.5. The lowest BCUT2D eigenvalue weighted by atomic mass is 9.95.